The van der Waals surface area contributed by atoms with E-state index in [1.807, 2.05) is 6.07 Å². The molecule has 0 saturated heterocycles. The summed E-state index contributed by atoms with van der Waals surface area (Å²) in [6, 6.07) is 2.02. The van der Waals surface area contributed by atoms with Crippen molar-refractivity contribution in [2.45, 2.75) is 32.1 Å². The van der Waals surface area contributed by atoms with Gasteiger partial charge in [-0.3, -0.25) is 9.89 Å². The van der Waals surface area contributed by atoms with E-state index in [2.05, 4.69) is 15.5 Å². The van der Waals surface area contributed by atoms with Gasteiger partial charge in [0.15, 0.2) is 5.82 Å². The number of hydrogen-bond donors (Lipinski definition) is 3. The van der Waals surface area contributed by atoms with Crippen molar-refractivity contribution in [1.29, 1.82) is 0 Å². The lowest BCUT2D eigenvalue weighted by Crippen LogP contribution is -2.11. The normalized spacial score (nSPS) is 14.7. The van der Waals surface area contributed by atoms with Gasteiger partial charge in [0.05, 0.1) is 16.8 Å². The first-order valence-electron chi connectivity index (χ1n) is 6.46. The summed E-state index contributed by atoms with van der Waals surface area (Å²) in [4.78, 5) is 14.3. The molecule has 2 heterocycles. The molecule has 2 aromatic rings. The number of nitrogen functional groups attached to an aromatic ring is 1. The number of hydrogen-bond acceptors (Lipinski definition) is 4. The molecule has 2 aromatic heterocycles. The minimum Gasteiger partial charge on any atom is -0.394 e. The Kier molecular flexibility index (Phi) is 3.25. The smallest absolute Gasteiger partial charge is 0.266 e. The predicted octanol–water partition coefficient (Wildman–Crippen LogP) is 2.57. The minimum atomic E-state index is -0.117. The Hall–Kier alpha value is -1.82. The van der Waals surface area contributed by atoms with Crippen LogP contribution in [0.5, 0.6) is 0 Å². The minimum absolute atomic E-state index is 0.117. The number of amides is 1. The van der Waals surface area contributed by atoms with E-state index in [1.165, 1.54) is 35.9 Å². The maximum Gasteiger partial charge on any atom is 0.266 e. The highest BCUT2D eigenvalue weighted by Crippen LogP contribution is 2.29. The molecule has 100 valence electrons. The average molecular weight is 276 g/mol. The van der Waals surface area contributed by atoms with Crippen molar-refractivity contribution >= 4 is 28.7 Å². The van der Waals surface area contributed by atoms with Crippen molar-refractivity contribution in [3.63, 3.8) is 0 Å². The summed E-state index contributed by atoms with van der Waals surface area (Å²) >= 11 is 1.60. The molecule has 0 saturated carbocycles. The van der Waals surface area contributed by atoms with Crippen LogP contribution in [0.3, 0.4) is 0 Å². The maximum atomic E-state index is 12.2. The fourth-order valence-corrected chi connectivity index (χ4v) is 3.50. The number of aromatic amines is 1. The van der Waals surface area contributed by atoms with Gasteiger partial charge in [-0.15, -0.1) is 11.3 Å². The first kappa shape index (κ1) is 12.2. The lowest BCUT2D eigenvalue weighted by molar-refractivity contribution is 0.103. The van der Waals surface area contributed by atoms with Gasteiger partial charge in [-0.05, 0) is 37.3 Å². The maximum absolute atomic E-state index is 12.2. The molecular weight excluding hydrogens is 260 g/mol. The van der Waals surface area contributed by atoms with Crippen LogP contribution in [-0.2, 0) is 12.8 Å². The van der Waals surface area contributed by atoms with Crippen LogP contribution in [0.25, 0.3) is 0 Å². The number of H-pyrrole nitrogens is 1. The van der Waals surface area contributed by atoms with E-state index in [4.69, 9.17) is 5.73 Å². The third-order valence-corrected chi connectivity index (χ3v) is 4.61. The van der Waals surface area contributed by atoms with Gasteiger partial charge in [-0.1, -0.05) is 6.42 Å². The third kappa shape index (κ3) is 2.49. The second kappa shape index (κ2) is 5.05. The fraction of sp³-hybridized carbons (Fsp3) is 0.385. The van der Waals surface area contributed by atoms with Crippen LogP contribution in [0.2, 0.25) is 0 Å². The van der Waals surface area contributed by atoms with Crippen LogP contribution in [0, 0.1) is 0 Å². The van der Waals surface area contributed by atoms with Crippen LogP contribution in [0.4, 0.5) is 11.5 Å². The molecule has 0 atom stereocenters. The van der Waals surface area contributed by atoms with Crippen molar-refractivity contribution < 1.29 is 4.79 Å². The predicted molar refractivity (Wildman–Crippen MR) is 76.5 cm³/mol. The molecule has 1 amide bonds. The second-order valence-electron chi connectivity index (χ2n) is 4.77. The number of anilines is 2. The molecule has 3 rings (SSSR count). The Morgan fingerprint density at radius 3 is 3.00 bits per heavy atom. The standard InChI is InChI=1S/C13H16N4OS/c14-9-7-15-17-12(9)16-13(18)11-6-8-4-2-1-3-5-10(8)19-11/h6-7H,1-5,14H2,(H2,15,16,17,18). The van der Waals surface area contributed by atoms with Gasteiger partial charge in [-0.25, -0.2) is 0 Å². The van der Waals surface area contributed by atoms with Gasteiger partial charge in [0.2, 0.25) is 0 Å². The van der Waals surface area contributed by atoms with Crippen molar-refractivity contribution in [2.24, 2.45) is 0 Å². The number of aryl methyl sites for hydroxylation is 2. The average Bonchev–Trinajstić information content (AvgIpc) is 2.91. The van der Waals surface area contributed by atoms with Crippen molar-refractivity contribution in [1.82, 2.24) is 10.2 Å². The van der Waals surface area contributed by atoms with Crippen LogP contribution in [0.15, 0.2) is 12.3 Å². The van der Waals surface area contributed by atoms with Crippen LogP contribution >= 0.6 is 11.3 Å². The van der Waals surface area contributed by atoms with Crippen molar-refractivity contribution in [3.05, 3.63) is 27.6 Å². The summed E-state index contributed by atoms with van der Waals surface area (Å²) in [5.41, 5.74) is 7.47. The SMILES string of the molecule is Nc1cn[nH]c1NC(=O)c1cc2c(s1)CCCCC2. The van der Waals surface area contributed by atoms with Gasteiger partial charge < -0.3 is 11.1 Å². The monoisotopic (exact) mass is 276 g/mol. The Morgan fingerprint density at radius 2 is 2.21 bits per heavy atom. The van der Waals surface area contributed by atoms with Crippen molar-refractivity contribution in [3.8, 4) is 0 Å². The lowest BCUT2D eigenvalue weighted by Gasteiger charge is -2.01. The van der Waals surface area contributed by atoms with Crippen LogP contribution < -0.4 is 11.1 Å². The highest BCUT2D eigenvalue weighted by atomic mass is 32.1. The molecule has 0 fully saturated rings. The summed E-state index contributed by atoms with van der Waals surface area (Å²) in [6.45, 7) is 0. The summed E-state index contributed by atoms with van der Waals surface area (Å²) < 4.78 is 0. The number of nitrogens with one attached hydrogen (secondary N) is 2. The van der Waals surface area contributed by atoms with Gasteiger partial charge in [0.25, 0.3) is 5.91 Å². The Morgan fingerprint density at radius 1 is 1.37 bits per heavy atom. The number of aromatic nitrogens is 2. The molecule has 6 heteroatoms. The number of thiophene rings is 1. The molecule has 0 radical (unpaired) electrons. The number of carbonyl (C=O) groups excluding carboxylic acids is 1. The van der Waals surface area contributed by atoms with Gasteiger partial charge in [0.1, 0.15) is 0 Å². The number of nitrogens with two attached hydrogens (primary N) is 1. The van der Waals surface area contributed by atoms with Gasteiger partial charge in [-0.2, -0.15) is 5.10 Å². The zero-order chi connectivity index (χ0) is 13.2. The molecule has 1 aliphatic carbocycles. The van der Waals surface area contributed by atoms with E-state index in [-0.39, 0.29) is 5.91 Å². The van der Waals surface area contributed by atoms with E-state index in [9.17, 15) is 4.79 Å². The zero-order valence-corrected chi connectivity index (χ0v) is 11.3. The van der Waals surface area contributed by atoms with E-state index >= 15 is 0 Å². The molecule has 0 aromatic carbocycles. The second-order valence-corrected chi connectivity index (χ2v) is 5.91. The quantitative estimate of drug-likeness (QED) is 0.737. The van der Waals surface area contributed by atoms with Gasteiger partial charge >= 0.3 is 0 Å². The summed E-state index contributed by atoms with van der Waals surface area (Å²) in [6.07, 6.45) is 7.40. The molecule has 4 N–H and O–H groups in total. The van der Waals surface area contributed by atoms with Crippen LogP contribution in [-0.4, -0.2) is 16.1 Å². The largest absolute Gasteiger partial charge is 0.394 e. The summed E-state index contributed by atoms with van der Waals surface area (Å²) in [5, 5.41) is 9.22. The molecule has 0 aliphatic heterocycles. The molecule has 19 heavy (non-hydrogen) atoms. The van der Waals surface area contributed by atoms with E-state index < -0.39 is 0 Å². The highest BCUT2D eigenvalue weighted by molar-refractivity contribution is 7.14. The number of carbonyl (C=O) groups is 1. The Labute approximate surface area is 115 Å². The van der Waals surface area contributed by atoms with Crippen LogP contribution in [0.1, 0.15) is 39.4 Å². The molecule has 0 spiro atoms. The van der Waals surface area contributed by atoms with E-state index in [0.717, 1.165) is 17.7 Å². The Bertz CT molecular complexity index is 578. The first-order valence-corrected chi connectivity index (χ1v) is 7.27. The molecule has 0 unspecified atom stereocenters. The molecule has 1 aliphatic rings. The number of rotatable bonds is 2. The summed E-state index contributed by atoms with van der Waals surface area (Å²) in [7, 11) is 0. The highest BCUT2D eigenvalue weighted by Gasteiger charge is 2.17. The third-order valence-electron chi connectivity index (χ3n) is 3.38. The van der Waals surface area contributed by atoms with E-state index in [1.54, 1.807) is 11.3 Å². The molecule has 0 bridgehead atoms. The van der Waals surface area contributed by atoms with Crippen molar-refractivity contribution in [2.75, 3.05) is 11.1 Å². The Balaban J connectivity index is 1.79. The number of nitrogens with zero attached hydrogens (tertiary/aromatic N) is 1. The van der Waals surface area contributed by atoms with Gasteiger partial charge in [0, 0.05) is 4.88 Å². The lowest BCUT2D eigenvalue weighted by atomic mass is 10.1. The summed E-state index contributed by atoms with van der Waals surface area (Å²) in [5.74, 6) is 0.350. The molecular formula is C13H16N4OS. The fourth-order valence-electron chi connectivity index (χ4n) is 2.35. The topological polar surface area (TPSA) is 83.8 Å². The number of fused-ring (bicyclic) bond motifs is 1. The molecule has 5 nitrogen and oxygen atoms in total. The first-order chi connectivity index (χ1) is 9.24. The zero-order valence-electron chi connectivity index (χ0n) is 10.5. The van der Waals surface area contributed by atoms with E-state index in [0.29, 0.717) is 11.5 Å².